The average molecular weight is 281 g/mol. The second-order valence-electron chi connectivity index (χ2n) is 6.18. The Hall–Kier alpha value is -1.10. The Morgan fingerprint density at radius 2 is 1.80 bits per heavy atom. The van der Waals surface area contributed by atoms with E-state index in [1.807, 2.05) is 4.90 Å². The molecule has 114 valence electrons. The second kappa shape index (κ2) is 7.07. The van der Waals surface area contributed by atoms with Crippen molar-refractivity contribution in [1.82, 2.24) is 10.2 Å². The molecule has 0 radical (unpaired) electrons. The number of likely N-dealkylation sites (tertiary alicyclic amines) is 1. The van der Waals surface area contributed by atoms with Crippen LogP contribution in [0.3, 0.4) is 0 Å². The Balaban J connectivity index is 1.78. The highest BCUT2D eigenvalue weighted by molar-refractivity contribution is 5.80. The Labute approximate surface area is 121 Å². The molecular weight excluding hydrogens is 254 g/mol. The predicted octanol–water partition coefficient (Wildman–Crippen LogP) is 0.879. The third kappa shape index (κ3) is 3.72. The van der Waals surface area contributed by atoms with Crippen LogP contribution >= 0.6 is 0 Å². The van der Waals surface area contributed by atoms with Crippen molar-refractivity contribution in [1.29, 1.82) is 0 Å². The first-order valence-electron chi connectivity index (χ1n) is 7.86. The van der Waals surface area contributed by atoms with Crippen LogP contribution in [0, 0.1) is 11.8 Å². The van der Waals surface area contributed by atoms with Gasteiger partial charge >= 0.3 is 0 Å². The first-order valence-corrected chi connectivity index (χ1v) is 7.86. The summed E-state index contributed by atoms with van der Waals surface area (Å²) in [6.45, 7) is 1.41. The minimum absolute atomic E-state index is 0.0704. The van der Waals surface area contributed by atoms with Gasteiger partial charge in [0.05, 0.1) is 0 Å². The van der Waals surface area contributed by atoms with Gasteiger partial charge in [0.25, 0.3) is 0 Å². The Kier molecular flexibility index (Phi) is 5.40. The van der Waals surface area contributed by atoms with E-state index in [0.29, 0.717) is 25.4 Å². The fraction of sp³-hybridized carbons (Fsp3) is 0.867. The zero-order chi connectivity index (χ0) is 14.5. The summed E-state index contributed by atoms with van der Waals surface area (Å²) in [5.74, 6) is 0.753. The lowest BCUT2D eigenvalue weighted by Gasteiger charge is -2.34. The molecule has 1 saturated carbocycles. The summed E-state index contributed by atoms with van der Waals surface area (Å²) in [5.41, 5.74) is 6.11. The smallest absolute Gasteiger partial charge is 0.222 e. The van der Waals surface area contributed by atoms with E-state index in [4.69, 9.17) is 5.73 Å². The molecular formula is C15H27N3O2. The molecule has 0 aromatic heterocycles. The van der Waals surface area contributed by atoms with Gasteiger partial charge in [-0.1, -0.05) is 12.8 Å². The normalized spacial score (nSPS) is 28.2. The van der Waals surface area contributed by atoms with Gasteiger partial charge < -0.3 is 16.0 Å². The van der Waals surface area contributed by atoms with Gasteiger partial charge in [0, 0.05) is 38.5 Å². The number of nitrogens with zero attached hydrogens (tertiary/aromatic N) is 1. The molecule has 1 heterocycles. The monoisotopic (exact) mass is 281 g/mol. The van der Waals surface area contributed by atoms with Crippen LogP contribution in [0.5, 0.6) is 0 Å². The fourth-order valence-corrected chi connectivity index (χ4v) is 3.44. The first kappa shape index (κ1) is 15.3. The third-order valence-corrected chi connectivity index (χ3v) is 4.87. The van der Waals surface area contributed by atoms with E-state index in [-0.39, 0.29) is 23.8 Å². The number of hydrogen-bond acceptors (Lipinski definition) is 3. The maximum absolute atomic E-state index is 12.3. The van der Waals surface area contributed by atoms with E-state index in [2.05, 4.69) is 5.32 Å². The lowest BCUT2D eigenvalue weighted by Crippen LogP contribution is -2.44. The summed E-state index contributed by atoms with van der Waals surface area (Å²) in [6, 6.07) is 0.191. The molecule has 5 heteroatoms. The lowest BCUT2D eigenvalue weighted by molar-refractivity contribution is -0.136. The molecule has 0 aromatic rings. The maximum Gasteiger partial charge on any atom is 0.222 e. The molecule has 5 nitrogen and oxygen atoms in total. The summed E-state index contributed by atoms with van der Waals surface area (Å²) >= 11 is 0. The molecule has 20 heavy (non-hydrogen) atoms. The minimum atomic E-state index is 0.0704. The summed E-state index contributed by atoms with van der Waals surface area (Å²) in [5, 5.41) is 2.69. The molecule has 2 amide bonds. The molecule has 0 bridgehead atoms. The van der Waals surface area contributed by atoms with E-state index in [1.165, 1.54) is 12.8 Å². The predicted molar refractivity (Wildman–Crippen MR) is 77.9 cm³/mol. The van der Waals surface area contributed by atoms with Crippen molar-refractivity contribution in [3.8, 4) is 0 Å². The van der Waals surface area contributed by atoms with E-state index < -0.39 is 0 Å². The highest BCUT2D eigenvalue weighted by Crippen LogP contribution is 2.27. The van der Waals surface area contributed by atoms with Crippen LogP contribution in [-0.2, 0) is 9.59 Å². The second-order valence-corrected chi connectivity index (χ2v) is 6.18. The van der Waals surface area contributed by atoms with Crippen molar-refractivity contribution in [2.75, 3.05) is 20.1 Å². The number of piperidine rings is 1. The number of amides is 2. The standard InChI is InChI=1S/C15H27N3O2/c1-17-15(20)11-6-8-18(9-7-11)14(19)10-12-4-2-3-5-13(12)16/h11-13H,2-10,16H2,1H3,(H,17,20). The van der Waals surface area contributed by atoms with Crippen LogP contribution in [-0.4, -0.2) is 42.9 Å². The fourth-order valence-electron chi connectivity index (χ4n) is 3.44. The number of carbonyl (C=O) groups excluding carboxylic acids is 2. The van der Waals surface area contributed by atoms with Crippen molar-refractivity contribution in [3.63, 3.8) is 0 Å². The van der Waals surface area contributed by atoms with Gasteiger partial charge in [-0.15, -0.1) is 0 Å². The van der Waals surface area contributed by atoms with Crippen LogP contribution in [0.15, 0.2) is 0 Å². The van der Waals surface area contributed by atoms with Gasteiger partial charge in [-0.05, 0) is 31.6 Å². The van der Waals surface area contributed by atoms with Gasteiger partial charge in [0.15, 0.2) is 0 Å². The lowest BCUT2D eigenvalue weighted by atomic mass is 9.82. The van der Waals surface area contributed by atoms with Crippen molar-refractivity contribution in [3.05, 3.63) is 0 Å². The number of hydrogen-bond donors (Lipinski definition) is 2. The summed E-state index contributed by atoms with van der Waals surface area (Å²) in [4.78, 5) is 25.8. The average Bonchev–Trinajstić information content (AvgIpc) is 2.49. The third-order valence-electron chi connectivity index (χ3n) is 4.87. The molecule has 1 aliphatic carbocycles. The largest absolute Gasteiger partial charge is 0.359 e. The van der Waals surface area contributed by atoms with Crippen LogP contribution in [0.1, 0.15) is 44.9 Å². The molecule has 0 aromatic carbocycles. The number of rotatable bonds is 3. The molecule has 2 aliphatic rings. The van der Waals surface area contributed by atoms with Crippen LogP contribution in [0.4, 0.5) is 0 Å². The summed E-state index contributed by atoms with van der Waals surface area (Å²) < 4.78 is 0. The van der Waals surface area contributed by atoms with Gasteiger partial charge in [-0.25, -0.2) is 0 Å². The van der Waals surface area contributed by atoms with Crippen molar-refractivity contribution < 1.29 is 9.59 Å². The Morgan fingerprint density at radius 3 is 2.40 bits per heavy atom. The van der Waals surface area contributed by atoms with Gasteiger partial charge in [-0.3, -0.25) is 9.59 Å². The maximum atomic E-state index is 12.3. The number of carbonyl (C=O) groups is 2. The molecule has 1 aliphatic heterocycles. The summed E-state index contributed by atoms with van der Waals surface area (Å²) in [6.07, 6.45) is 6.68. The molecule has 0 spiro atoms. The minimum Gasteiger partial charge on any atom is -0.359 e. The quantitative estimate of drug-likeness (QED) is 0.806. The number of nitrogens with one attached hydrogen (secondary N) is 1. The van der Waals surface area contributed by atoms with Gasteiger partial charge in [-0.2, -0.15) is 0 Å². The van der Waals surface area contributed by atoms with Crippen molar-refractivity contribution in [2.24, 2.45) is 17.6 Å². The van der Waals surface area contributed by atoms with Crippen LogP contribution in [0.2, 0.25) is 0 Å². The van der Waals surface area contributed by atoms with E-state index >= 15 is 0 Å². The molecule has 3 N–H and O–H groups in total. The number of nitrogens with two attached hydrogens (primary N) is 1. The zero-order valence-electron chi connectivity index (χ0n) is 12.4. The van der Waals surface area contributed by atoms with Crippen molar-refractivity contribution in [2.45, 2.75) is 51.0 Å². The van der Waals surface area contributed by atoms with Gasteiger partial charge in [0.2, 0.25) is 11.8 Å². The van der Waals surface area contributed by atoms with Crippen LogP contribution < -0.4 is 11.1 Å². The summed E-state index contributed by atoms with van der Waals surface area (Å²) in [7, 11) is 1.67. The molecule has 2 atom stereocenters. The molecule has 2 rings (SSSR count). The van der Waals surface area contributed by atoms with Crippen LogP contribution in [0.25, 0.3) is 0 Å². The molecule has 2 unspecified atom stereocenters. The van der Waals surface area contributed by atoms with E-state index in [1.54, 1.807) is 7.05 Å². The highest BCUT2D eigenvalue weighted by atomic mass is 16.2. The molecule has 2 fully saturated rings. The SMILES string of the molecule is CNC(=O)C1CCN(C(=O)CC2CCCCC2N)CC1. The van der Waals surface area contributed by atoms with E-state index in [0.717, 1.165) is 25.7 Å². The Morgan fingerprint density at radius 1 is 1.15 bits per heavy atom. The molecule has 1 saturated heterocycles. The first-order chi connectivity index (χ1) is 9.61. The Bertz CT molecular complexity index is 351. The zero-order valence-corrected chi connectivity index (χ0v) is 12.4. The van der Waals surface area contributed by atoms with E-state index in [9.17, 15) is 9.59 Å². The van der Waals surface area contributed by atoms with Crippen molar-refractivity contribution >= 4 is 11.8 Å². The highest BCUT2D eigenvalue weighted by Gasteiger charge is 2.30. The van der Waals surface area contributed by atoms with Gasteiger partial charge in [0.1, 0.15) is 0 Å². The topological polar surface area (TPSA) is 75.4 Å².